The molecule has 0 spiro atoms. The van der Waals surface area contributed by atoms with Gasteiger partial charge in [0, 0.05) is 24.7 Å². The predicted molar refractivity (Wildman–Crippen MR) is 94.9 cm³/mol. The molecule has 1 aliphatic heterocycles. The summed E-state index contributed by atoms with van der Waals surface area (Å²) in [5.74, 6) is -1.93. The van der Waals surface area contributed by atoms with Crippen LogP contribution < -0.4 is 10.2 Å². The van der Waals surface area contributed by atoms with Gasteiger partial charge in [0.2, 0.25) is 11.8 Å². The van der Waals surface area contributed by atoms with Crippen molar-refractivity contribution in [2.75, 3.05) is 11.4 Å². The van der Waals surface area contributed by atoms with E-state index in [0.717, 1.165) is 34.9 Å². The molecule has 1 N–H and O–H groups in total. The van der Waals surface area contributed by atoms with Gasteiger partial charge in [-0.05, 0) is 37.1 Å². The van der Waals surface area contributed by atoms with Gasteiger partial charge in [-0.15, -0.1) is 0 Å². The highest BCUT2D eigenvalue weighted by molar-refractivity contribution is 5.97. The molecule has 0 radical (unpaired) electrons. The lowest BCUT2D eigenvalue weighted by Crippen LogP contribution is -2.38. The van der Waals surface area contributed by atoms with E-state index in [2.05, 4.69) is 5.32 Å². The minimum absolute atomic E-state index is 0.108. The molecule has 1 heterocycles. The van der Waals surface area contributed by atoms with Gasteiger partial charge in [0.1, 0.15) is 11.6 Å². The Bertz CT molecular complexity index is 847. The molecule has 0 saturated carbocycles. The zero-order chi connectivity index (χ0) is 18.8. The van der Waals surface area contributed by atoms with Crippen molar-refractivity contribution in [3.8, 4) is 0 Å². The summed E-state index contributed by atoms with van der Waals surface area (Å²) in [6.45, 7) is 4.11. The molecule has 26 heavy (non-hydrogen) atoms. The van der Waals surface area contributed by atoms with Crippen molar-refractivity contribution in [1.82, 2.24) is 5.32 Å². The first-order chi connectivity index (χ1) is 12.3. The van der Waals surface area contributed by atoms with E-state index in [9.17, 15) is 18.4 Å². The van der Waals surface area contributed by atoms with Gasteiger partial charge in [-0.2, -0.15) is 0 Å². The van der Waals surface area contributed by atoms with Crippen molar-refractivity contribution >= 4 is 17.5 Å². The monoisotopic (exact) mass is 358 g/mol. The third-order valence-electron chi connectivity index (χ3n) is 4.50. The highest BCUT2D eigenvalue weighted by atomic mass is 19.1. The summed E-state index contributed by atoms with van der Waals surface area (Å²) in [7, 11) is 0. The smallest absolute Gasteiger partial charge is 0.229 e. The van der Waals surface area contributed by atoms with Crippen molar-refractivity contribution in [3.05, 3.63) is 64.7 Å². The lowest BCUT2D eigenvalue weighted by Gasteiger charge is -2.17. The Balaban J connectivity index is 1.65. The maximum Gasteiger partial charge on any atom is 0.229 e. The van der Waals surface area contributed by atoms with Crippen LogP contribution in [0.4, 0.5) is 14.5 Å². The van der Waals surface area contributed by atoms with E-state index in [-0.39, 0.29) is 42.9 Å². The Hall–Kier alpha value is -2.76. The zero-order valence-electron chi connectivity index (χ0n) is 14.7. The van der Waals surface area contributed by atoms with Crippen LogP contribution in [0.3, 0.4) is 0 Å². The predicted octanol–water partition coefficient (Wildman–Crippen LogP) is 3.05. The quantitative estimate of drug-likeness (QED) is 0.913. The van der Waals surface area contributed by atoms with Crippen LogP contribution in [0.1, 0.15) is 23.1 Å². The van der Waals surface area contributed by atoms with Crippen LogP contribution >= 0.6 is 0 Å². The molecule has 1 aliphatic rings. The molecule has 4 nitrogen and oxygen atoms in total. The summed E-state index contributed by atoms with van der Waals surface area (Å²) >= 11 is 0. The molecule has 3 rings (SSSR count). The number of benzene rings is 2. The first-order valence-corrected chi connectivity index (χ1v) is 8.44. The van der Waals surface area contributed by atoms with E-state index in [4.69, 9.17) is 0 Å². The molecule has 2 aromatic rings. The van der Waals surface area contributed by atoms with Crippen molar-refractivity contribution in [2.24, 2.45) is 0 Å². The molecule has 6 heteroatoms. The first-order valence-electron chi connectivity index (χ1n) is 8.44. The van der Waals surface area contributed by atoms with Crippen LogP contribution in [-0.4, -0.2) is 24.4 Å². The SMILES string of the molecule is Cc1ccc(C)c(CC(=O)NC2CC(=O)N(c3cc(F)cc(F)c3)C2)c1. The second-order valence-corrected chi connectivity index (χ2v) is 6.71. The maximum atomic E-state index is 13.4. The highest BCUT2D eigenvalue weighted by Crippen LogP contribution is 2.24. The molecule has 1 atom stereocenters. The number of rotatable bonds is 4. The van der Waals surface area contributed by atoms with Crippen LogP contribution in [0.25, 0.3) is 0 Å². The van der Waals surface area contributed by atoms with E-state index in [1.54, 1.807) is 0 Å². The minimum atomic E-state index is -0.741. The summed E-state index contributed by atoms with van der Waals surface area (Å²) in [5, 5.41) is 2.84. The van der Waals surface area contributed by atoms with Crippen molar-refractivity contribution in [2.45, 2.75) is 32.7 Å². The van der Waals surface area contributed by atoms with Gasteiger partial charge >= 0.3 is 0 Å². The van der Waals surface area contributed by atoms with Crippen LogP contribution in [0.2, 0.25) is 0 Å². The molecule has 2 amide bonds. The molecule has 1 saturated heterocycles. The highest BCUT2D eigenvalue weighted by Gasteiger charge is 2.32. The third-order valence-corrected chi connectivity index (χ3v) is 4.50. The van der Waals surface area contributed by atoms with Gasteiger partial charge < -0.3 is 10.2 Å². The number of nitrogens with one attached hydrogen (secondary N) is 1. The van der Waals surface area contributed by atoms with E-state index in [1.165, 1.54) is 4.90 Å². The van der Waals surface area contributed by atoms with Crippen LogP contribution in [0, 0.1) is 25.5 Å². The molecule has 0 bridgehead atoms. The normalized spacial score (nSPS) is 16.8. The largest absolute Gasteiger partial charge is 0.351 e. The van der Waals surface area contributed by atoms with Gasteiger partial charge in [-0.1, -0.05) is 23.8 Å². The Kier molecular flexibility index (Phi) is 5.02. The average Bonchev–Trinajstić information content (AvgIpc) is 2.90. The number of carbonyl (C=O) groups is 2. The van der Waals surface area contributed by atoms with Gasteiger partial charge in [0.25, 0.3) is 0 Å². The summed E-state index contributed by atoms with van der Waals surface area (Å²) in [6, 6.07) is 8.53. The summed E-state index contributed by atoms with van der Waals surface area (Å²) in [6.07, 6.45) is 0.337. The maximum absolute atomic E-state index is 13.4. The first kappa shape index (κ1) is 18.0. The molecular formula is C20H20F2N2O2. The fourth-order valence-electron chi connectivity index (χ4n) is 3.19. The van der Waals surface area contributed by atoms with E-state index >= 15 is 0 Å². The Morgan fingerprint density at radius 1 is 1.15 bits per heavy atom. The van der Waals surface area contributed by atoms with Crippen LogP contribution in [0.15, 0.2) is 36.4 Å². The standard InChI is InChI=1S/C20H20F2N2O2/c1-12-3-4-13(2)14(5-12)6-19(25)23-17-10-20(26)24(11-17)18-8-15(21)7-16(22)9-18/h3-5,7-9,17H,6,10-11H2,1-2H3,(H,23,25). The van der Waals surface area contributed by atoms with Crippen molar-refractivity contribution < 1.29 is 18.4 Å². The van der Waals surface area contributed by atoms with Gasteiger partial charge in [-0.25, -0.2) is 8.78 Å². The van der Waals surface area contributed by atoms with Gasteiger partial charge in [0.05, 0.1) is 12.5 Å². The van der Waals surface area contributed by atoms with E-state index in [0.29, 0.717) is 0 Å². The lowest BCUT2D eigenvalue weighted by atomic mass is 10.0. The minimum Gasteiger partial charge on any atom is -0.351 e. The van der Waals surface area contributed by atoms with Crippen LogP contribution in [-0.2, 0) is 16.0 Å². The Labute approximate surface area is 150 Å². The zero-order valence-corrected chi connectivity index (χ0v) is 14.7. The number of hydrogen-bond acceptors (Lipinski definition) is 2. The Morgan fingerprint density at radius 2 is 1.85 bits per heavy atom. The fourth-order valence-corrected chi connectivity index (χ4v) is 3.19. The second kappa shape index (κ2) is 7.23. The van der Waals surface area contributed by atoms with E-state index < -0.39 is 11.6 Å². The van der Waals surface area contributed by atoms with Crippen molar-refractivity contribution in [1.29, 1.82) is 0 Å². The number of aryl methyl sites for hydroxylation is 2. The van der Waals surface area contributed by atoms with Crippen molar-refractivity contribution in [3.63, 3.8) is 0 Å². The molecule has 0 aliphatic carbocycles. The summed E-state index contributed by atoms with van der Waals surface area (Å²) < 4.78 is 26.8. The molecular weight excluding hydrogens is 338 g/mol. The number of anilines is 1. The number of nitrogens with zero attached hydrogens (tertiary/aromatic N) is 1. The molecule has 2 aromatic carbocycles. The molecule has 0 aromatic heterocycles. The topological polar surface area (TPSA) is 49.4 Å². The number of carbonyl (C=O) groups excluding carboxylic acids is 2. The molecule has 136 valence electrons. The van der Waals surface area contributed by atoms with Gasteiger partial charge in [-0.3, -0.25) is 9.59 Å². The fraction of sp³-hybridized carbons (Fsp3) is 0.300. The molecule has 1 unspecified atom stereocenters. The Morgan fingerprint density at radius 3 is 2.54 bits per heavy atom. The van der Waals surface area contributed by atoms with Crippen LogP contribution in [0.5, 0.6) is 0 Å². The third kappa shape index (κ3) is 4.07. The number of hydrogen-bond donors (Lipinski definition) is 1. The lowest BCUT2D eigenvalue weighted by molar-refractivity contribution is -0.121. The van der Waals surface area contributed by atoms with Gasteiger partial charge in [0.15, 0.2) is 0 Å². The second-order valence-electron chi connectivity index (χ2n) is 6.71. The molecule has 1 fully saturated rings. The number of amides is 2. The number of halogens is 2. The average molecular weight is 358 g/mol. The van der Waals surface area contributed by atoms with E-state index in [1.807, 2.05) is 32.0 Å². The summed E-state index contributed by atoms with van der Waals surface area (Å²) in [5.41, 5.74) is 3.22. The summed E-state index contributed by atoms with van der Waals surface area (Å²) in [4.78, 5) is 25.8.